The van der Waals surface area contributed by atoms with Crippen LogP contribution in [0.15, 0.2) is 56.5 Å². The van der Waals surface area contributed by atoms with Gasteiger partial charge in [-0.2, -0.15) is 5.10 Å². The lowest BCUT2D eigenvalue weighted by atomic mass is 10.2. The predicted octanol–water partition coefficient (Wildman–Crippen LogP) is 4.08. The zero-order valence-corrected chi connectivity index (χ0v) is 11.7. The third kappa shape index (κ3) is 3.69. The van der Waals surface area contributed by atoms with E-state index in [-0.39, 0.29) is 0 Å². The highest BCUT2D eigenvalue weighted by molar-refractivity contribution is 14.1. The quantitative estimate of drug-likeness (QED) is 0.501. The number of anilines is 1. The van der Waals surface area contributed by atoms with Crippen LogP contribution in [0.2, 0.25) is 0 Å². The van der Waals surface area contributed by atoms with Crippen LogP contribution >= 0.6 is 22.6 Å². The number of nitrogens with one attached hydrogen (secondary N) is 1. The molecule has 0 fully saturated rings. The second kappa shape index (κ2) is 6.95. The average molecular weight is 353 g/mol. The Morgan fingerprint density at radius 2 is 2.17 bits per heavy atom. The highest BCUT2D eigenvalue weighted by atomic mass is 127. The fraction of sp³-hybridized carbons (Fsp3) is 0.0769. The lowest BCUT2D eigenvalue weighted by molar-refractivity contribution is 0.572. The summed E-state index contributed by atoms with van der Waals surface area (Å²) in [6, 6.07) is 7.82. The molecular formula is C13H12IN3O. The smallest absolute Gasteiger partial charge is 0.181 e. The Morgan fingerprint density at radius 3 is 2.83 bits per heavy atom. The summed E-state index contributed by atoms with van der Waals surface area (Å²) >= 11 is 2.18. The van der Waals surface area contributed by atoms with Crippen molar-refractivity contribution < 1.29 is 4.42 Å². The number of nitrogens with zero attached hydrogens (tertiary/aromatic N) is 2. The number of benzene rings is 1. The number of rotatable bonds is 5. The molecule has 0 saturated carbocycles. The molecule has 2 rings (SSSR count). The van der Waals surface area contributed by atoms with Crippen LogP contribution < -0.4 is 5.43 Å². The molecule has 0 radical (unpaired) electrons. The molecule has 1 heterocycles. The van der Waals surface area contributed by atoms with Crippen LogP contribution in [0.5, 0.6) is 0 Å². The van der Waals surface area contributed by atoms with Crippen molar-refractivity contribution in [2.24, 2.45) is 5.10 Å². The molecule has 0 saturated heterocycles. The molecule has 0 atom stereocenters. The molecule has 0 bridgehead atoms. The van der Waals surface area contributed by atoms with Gasteiger partial charge in [-0.15, -0.1) is 0 Å². The molecule has 1 aromatic carbocycles. The monoisotopic (exact) mass is 353 g/mol. The van der Waals surface area contributed by atoms with Gasteiger partial charge in [-0.05, 0) is 28.3 Å². The van der Waals surface area contributed by atoms with Gasteiger partial charge in [0, 0.05) is 18.2 Å². The first-order chi connectivity index (χ1) is 8.90. The van der Waals surface area contributed by atoms with Gasteiger partial charge in [-0.25, -0.2) is 4.98 Å². The molecule has 0 unspecified atom stereocenters. The van der Waals surface area contributed by atoms with E-state index in [9.17, 15) is 0 Å². The third-order valence-electron chi connectivity index (χ3n) is 2.22. The van der Waals surface area contributed by atoms with Crippen molar-refractivity contribution in [2.75, 3.05) is 5.43 Å². The van der Waals surface area contributed by atoms with Gasteiger partial charge in [-0.1, -0.05) is 28.7 Å². The summed E-state index contributed by atoms with van der Waals surface area (Å²) in [6.45, 7) is 0. The van der Waals surface area contributed by atoms with E-state index >= 15 is 0 Å². The Hall–Kier alpha value is -1.63. The van der Waals surface area contributed by atoms with E-state index in [0.717, 1.165) is 23.4 Å². The lowest BCUT2D eigenvalue weighted by Gasteiger charge is -2.00. The Labute approximate surface area is 119 Å². The Morgan fingerprint density at radius 1 is 1.33 bits per heavy atom. The molecule has 0 aliphatic carbocycles. The maximum absolute atomic E-state index is 5.22. The van der Waals surface area contributed by atoms with Crippen LogP contribution in [-0.2, 0) is 0 Å². The molecule has 92 valence electrons. The van der Waals surface area contributed by atoms with E-state index < -0.39 is 0 Å². The van der Waals surface area contributed by atoms with Gasteiger partial charge in [0.2, 0.25) is 0 Å². The van der Waals surface area contributed by atoms with Crippen molar-refractivity contribution in [3.8, 4) is 11.3 Å². The van der Waals surface area contributed by atoms with Crippen LogP contribution in [-0.4, -0.2) is 11.2 Å². The molecule has 1 N–H and O–H groups in total. The molecule has 0 aliphatic heterocycles. The standard InChI is InChI=1S/C13H12IN3O/c14-7-1-2-8-16-17-12-5-3-11(4-6-12)13-9-15-10-18-13/h1,3-10,17H,2H2. The summed E-state index contributed by atoms with van der Waals surface area (Å²) in [5, 5.41) is 4.11. The number of aromatic nitrogens is 1. The lowest BCUT2D eigenvalue weighted by Crippen LogP contribution is -1.88. The van der Waals surface area contributed by atoms with Gasteiger partial charge < -0.3 is 4.42 Å². The molecule has 5 heteroatoms. The van der Waals surface area contributed by atoms with E-state index in [1.54, 1.807) is 6.20 Å². The zero-order valence-electron chi connectivity index (χ0n) is 9.58. The van der Waals surface area contributed by atoms with Crippen molar-refractivity contribution in [3.05, 3.63) is 47.0 Å². The Bertz CT molecular complexity index is 518. The number of hydrazone groups is 1. The van der Waals surface area contributed by atoms with E-state index in [1.165, 1.54) is 6.39 Å². The summed E-state index contributed by atoms with van der Waals surface area (Å²) in [6.07, 6.45) is 7.79. The second-order valence-electron chi connectivity index (χ2n) is 3.46. The minimum absolute atomic E-state index is 0.761. The number of allylic oxidation sites excluding steroid dienone is 1. The van der Waals surface area contributed by atoms with Crippen LogP contribution in [0.25, 0.3) is 11.3 Å². The Kier molecular flexibility index (Phi) is 4.95. The first-order valence-electron chi connectivity index (χ1n) is 5.42. The first-order valence-corrected chi connectivity index (χ1v) is 6.66. The second-order valence-corrected chi connectivity index (χ2v) is 4.18. The van der Waals surface area contributed by atoms with Gasteiger partial charge in [0.05, 0.1) is 11.9 Å². The molecule has 0 amide bonds. The number of halogens is 1. The minimum atomic E-state index is 0.761. The summed E-state index contributed by atoms with van der Waals surface area (Å²) < 4.78 is 7.18. The first kappa shape index (κ1) is 12.8. The fourth-order valence-electron chi connectivity index (χ4n) is 1.35. The van der Waals surface area contributed by atoms with Crippen molar-refractivity contribution in [3.63, 3.8) is 0 Å². The predicted molar refractivity (Wildman–Crippen MR) is 81.8 cm³/mol. The fourth-order valence-corrected chi connectivity index (χ4v) is 1.65. The SMILES string of the molecule is IC=CCC=NNc1ccc(-c2cnco2)cc1. The van der Waals surface area contributed by atoms with Crippen molar-refractivity contribution >= 4 is 34.5 Å². The highest BCUT2D eigenvalue weighted by Gasteiger charge is 2.00. The molecule has 18 heavy (non-hydrogen) atoms. The molecule has 0 spiro atoms. The largest absolute Gasteiger partial charge is 0.444 e. The summed E-state index contributed by atoms with van der Waals surface area (Å²) in [5.41, 5.74) is 4.90. The zero-order chi connectivity index (χ0) is 12.6. The van der Waals surface area contributed by atoms with Gasteiger partial charge in [-0.3, -0.25) is 5.43 Å². The van der Waals surface area contributed by atoms with Gasteiger partial charge >= 0.3 is 0 Å². The number of hydrogen-bond acceptors (Lipinski definition) is 4. The number of hydrogen-bond donors (Lipinski definition) is 1. The molecule has 2 aromatic rings. The minimum Gasteiger partial charge on any atom is -0.444 e. The number of oxazole rings is 1. The third-order valence-corrected chi connectivity index (χ3v) is 2.73. The van der Waals surface area contributed by atoms with Crippen LogP contribution in [0, 0.1) is 0 Å². The van der Waals surface area contributed by atoms with Crippen LogP contribution in [0.4, 0.5) is 5.69 Å². The normalized spacial score (nSPS) is 11.4. The molecule has 1 aromatic heterocycles. The van der Waals surface area contributed by atoms with Crippen LogP contribution in [0.1, 0.15) is 6.42 Å². The van der Waals surface area contributed by atoms with E-state index in [1.807, 2.05) is 40.6 Å². The average Bonchev–Trinajstić information content (AvgIpc) is 2.93. The Balaban J connectivity index is 1.94. The summed E-state index contributed by atoms with van der Waals surface area (Å²) in [7, 11) is 0. The van der Waals surface area contributed by atoms with Crippen molar-refractivity contribution in [2.45, 2.75) is 6.42 Å². The van der Waals surface area contributed by atoms with E-state index in [0.29, 0.717) is 0 Å². The van der Waals surface area contributed by atoms with Gasteiger partial charge in [0.1, 0.15) is 0 Å². The summed E-state index contributed by atoms with van der Waals surface area (Å²) in [4.78, 5) is 3.89. The van der Waals surface area contributed by atoms with E-state index in [4.69, 9.17) is 4.42 Å². The molecular weight excluding hydrogens is 341 g/mol. The molecule has 0 aliphatic rings. The molecule has 4 nitrogen and oxygen atoms in total. The topological polar surface area (TPSA) is 50.4 Å². The summed E-state index contributed by atoms with van der Waals surface area (Å²) in [5.74, 6) is 0.761. The van der Waals surface area contributed by atoms with Gasteiger partial charge in [0.25, 0.3) is 0 Å². The maximum Gasteiger partial charge on any atom is 0.181 e. The highest BCUT2D eigenvalue weighted by Crippen LogP contribution is 2.20. The maximum atomic E-state index is 5.22. The van der Waals surface area contributed by atoms with Crippen molar-refractivity contribution in [1.82, 2.24) is 4.98 Å². The van der Waals surface area contributed by atoms with E-state index in [2.05, 4.69) is 38.1 Å². The van der Waals surface area contributed by atoms with Gasteiger partial charge in [0.15, 0.2) is 12.2 Å². The van der Waals surface area contributed by atoms with Crippen LogP contribution in [0.3, 0.4) is 0 Å². The van der Waals surface area contributed by atoms with Crippen molar-refractivity contribution in [1.29, 1.82) is 0 Å².